The molecule has 8 heteroatoms. The number of nitrogens with one attached hydrogen (secondary N) is 1. The van der Waals surface area contributed by atoms with Crippen LogP contribution in [0.1, 0.15) is 11.3 Å². The first-order valence-corrected chi connectivity index (χ1v) is 12.5. The zero-order valence-electron chi connectivity index (χ0n) is 11.0. The Bertz CT molecular complexity index is 698. The molecule has 22 heavy (non-hydrogen) atoms. The number of benzodiazepines with no additional fused rings is 1. The zero-order chi connectivity index (χ0) is 15.9. The van der Waals surface area contributed by atoms with Crippen LogP contribution in [0, 0.1) is 0 Å². The Kier molecular flexibility index (Phi) is 7.03. The van der Waals surface area contributed by atoms with E-state index >= 15 is 0 Å². The SMILES string of the molecule is O=C1CN=C(c2ccccn2)c2cc(Br)ccc2N1.[Cl][Pt][Cl]. The van der Waals surface area contributed by atoms with E-state index in [2.05, 4.69) is 31.2 Å². The predicted molar refractivity (Wildman–Crippen MR) is 89.2 cm³/mol. The number of hydrogen-bond acceptors (Lipinski definition) is 3. The van der Waals surface area contributed by atoms with E-state index in [1.165, 1.54) is 0 Å². The standard InChI is InChI=1S/C14H10BrN3O.2ClH.Pt/c15-9-4-5-11-10(7-9)14(17-8-13(19)18-11)12-3-1-2-6-16-12;;;/h1-7H,8H2,(H,18,19);2*1H;/q;;;+2/p-2. The third kappa shape index (κ3) is 4.62. The van der Waals surface area contributed by atoms with Gasteiger partial charge in [-0.15, -0.1) is 0 Å². The van der Waals surface area contributed by atoms with Gasteiger partial charge in [0.1, 0.15) is 6.54 Å². The molecule has 118 valence electrons. The summed E-state index contributed by atoms with van der Waals surface area (Å²) >= 11 is 2.97. The Labute approximate surface area is 152 Å². The third-order valence-electron chi connectivity index (χ3n) is 2.80. The van der Waals surface area contributed by atoms with Crippen molar-refractivity contribution in [2.45, 2.75) is 0 Å². The van der Waals surface area contributed by atoms with Gasteiger partial charge in [0.05, 0.1) is 17.1 Å². The number of rotatable bonds is 1. The minimum absolute atomic E-state index is 0.109. The number of anilines is 1. The number of aromatic nitrogens is 1. The van der Waals surface area contributed by atoms with E-state index in [9.17, 15) is 4.79 Å². The molecule has 0 atom stereocenters. The molecule has 0 bridgehead atoms. The molecule has 0 spiro atoms. The molecule has 0 aliphatic carbocycles. The van der Waals surface area contributed by atoms with Gasteiger partial charge in [-0.25, -0.2) is 0 Å². The van der Waals surface area contributed by atoms with Gasteiger partial charge < -0.3 is 5.32 Å². The van der Waals surface area contributed by atoms with Gasteiger partial charge >= 0.3 is 35.3 Å². The summed E-state index contributed by atoms with van der Waals surface area (Å²) in [6, 6.07) is 11.3. The van der Waals surface area contributed by atoms with Crippen LogP contribution in [0.4, 0.5) is 5.69 Å². The van der Waals surface area contributed by atoms with Gasteiger partial charge in [-0.1, -0.05) is 22.0 Å². The molecule has 0 fully saturated rings. The predicted octanol–water partition coefficient (Wildman–Crippen LogP) is 4.01. The molecule has 3 rings (SSSR count). The number of carbonyl (C=O) groups excluding carboxylic acids is 1. The maximum absolute atomic E-state index is 11.7. The summed E-state index contributed by atoms with van der Waals surface area (Å²) in [5.74, 6) is -0.116. The average Bonchev–Trinajstić information content (AvgIpc) is 2.67. The molecule has 0 radical (unpaired) electrons. The van der Waals surface area contributed by atoms with Gasteiger partial charge in [0.2, 0.25) is 5.91 Å². The van der Waals surface area contributed by atoms with Crippen molar-refractivity contribution in [3.8, 4) is 0 Å². The number of nitrogens with zero attached hydrogens (tertiary/aromatic N) is 2. The first kappa shape index (κ1) is 17.6. The van der Waals surface area contributed by atoms with Crippen LogP contribution in [0.15, 0.2) is 52.1 Å². The second-order valence-electron chi connectivity index (χ2n) is 4.16. The van der Waals surface area contributed by atoms with Gasteiger partial charge in [-0.3, -0.25) is 14.8 Å². The van der Waals surface area contributed by atoms with E-state index in [-0.39, 0.29) is 12.5 Å². The second kappa shape index (κ2) is 8.78. The molecule has 4 nitrogen and oxygen atoms in total. The first-order valence-electron chi connectivity index (χ1n) is 6.03. The van der Waals surface area contributed by atoms with Crippen molar-refractivity contribution in [3.05, 3.63) is 58.3 Å². The number of benzene rings is 1. The molecule has 1 aromatic heterocycles. The third-order valence-corrected chi connectivity index (χ3v) is 3.29. The monoisotopic (exact) mass is 580 g/mol. The number of carbonyl (C=O) groups is 1. The van der Waals surface area contributed by atoms with Crippen LogP contribution in [0.25, 0.3) is 0 Å². The van der Waals surface area contributed by atoms with Gasteiger partial charge in [-0.2, -0.15) is 0 Å². The van der Waals surface area contributed by atoms with Crippen LogP contribution < -0.4 is 5.32 Å². The number of halogens is 3. The second-order valence-corrected chi connectivity index (χ2v) is 8.36. The van der Waals surface area contributed by atoms with E-state index in [1.54, 1.807) is 6.20 Å². The Balaban J connectivity index is 0.000000545. The fraction of sp³-hybridized carbons (Fsp3) is 0.0714. The fourth-order valence-electron chi connectivity index (χ4n) is 1.97. The van der Waals surface area contributed by atoms with Crippen molar-refractivity contribution in [1.82, 2.24) is 4.98 Å². The summed E-state index contributed by atoms with van der Waals surface area (Å²) in [5, 5.41) is 2.85. The summed E-state index contributed by atoms with van der Waals surface area (Å²) in [7, 11) is 9.75. The van der Waals surface area contributed by atoms with E-state index in [0.717, 1.165) is 27.1 Å². The Morgan fingerprint density at radius 1 is 1.23 bits per heavy atom. The van der Waals surface area contributed by atoms with E-state index in [1.807, 2.05) is 36.4 Å². The molecule has 1 aliphatic heterocycles. The molecule has 1 aliphatic rings. The number of hydrogen-bond donors (Lipinski definition) is 1. The van der Waals surface area contributed by atoms with Crippen LogP contribution in [0.5, 0.6) is 0 Å². The molecule has 1 aromatic carbocycles. The molecule has 0 unspecified atom stereocenters. The molecule has 2 aromatic rings. The topological polar surface area (TPSA) is 54.4 Å². The minimum atomic E-state index is -0.472. The van der Waals surface area contributed by atoms with E-state index < -0.39 is 16.5 Å². The number of pyridine rings is 1. The van der Waals surface area contributed by atoms with Crippen LogP contribution in [0.2, 0.25) is 0 Å². The average molecular weight is 582 g/mol. The Morgan fingerprint density at radius 2 is 2.00 bits per heavy atom. The summed E-state index contributed by atoms with van der Waals surface area (Å²) in [6.45, 7) is 0.109. The Hall–Kier alpha value is -0.742. The summed E-state index contributed by atoms with van der Waals surface area (Å²) in [4.78, 5) is 20.3. The van der Waals surface area contributed by atoms with Crippen molar-refractivity contribution in [2.24, 2.45) is 4.99 Å². The van der Waals surface area contributed by atoms with Crippen molar-refractivity contribution in [2.75, 3.05) is 11.9 Å². The van der Waals surface area contributed by atoms with E-state index in [0.29, 0.717) is 0 Å². The summed E-state index contributed by atoms with van der Waals surface area (Å²) in [6.07, 6.45) is 1.72. The molecule has 1 amide bonds. The summed E-state index contributed by atoms with van der Waals surface area (Å²) < 4.78 is 0.936. The molecule has 0 saturated heterocycles. The van der Waals surface area contributed by atoms with E-state index in [4.69, 9.17) is 18.8 Å². The Morgan fingerprint density at radius 3 is 2.68 bits per heavy atom. The first-order chi connectivity index (χ1) is 10.7. The fourth-order valence-corrected chi connectivity index (χ4v) is 2.33. The molecular formula is C14H10BrCl2N3OPt. The quantitative estimate of drug-likeness (QED) is 0.553. The number of fused-ring (bicyclic) bond motifs is 1. The molecule has 1 N–H and O–H groups in total. The normalized spacial score (nSPS) is 13.2. The molecular weight excluding hydrogens is 572 g/mol. The van der Waals surface area contributed by atoms with Crippen LogP contribution >= 0.6 is 34.8 Å². The molecule has 0 saturated carbocycles. The van der Waals surface area contributed by atoms with Crippen LogP contribution in [0.3, 0.4) is 0 Å². The number of aliphatic imine (C=N–C) groups is 1. The van der Waals surface area contributed by atoms with Crippen molar-refractivity contribution >= 4 is 52.1 Å². The van der Waals surface area contributed by atoms with Gasteiger partial charge in [0, 0.05) is 16.2 Å². The van der Waals surface area contributed by atoms with Gasteiger partial charge in [0.15, 0.2) is 0 Å². The van der Waals surface area contributed by atoms with Crippen molar-refractivity contribution < 1.29 is 21.3 Å². The van der Waals surface area contributed by atoms with Crippen molar-refractivity contribution in [1.29, 1.82) is 0 Å². The maximum atomic E-state index is 11.7. The van der Waals surface area contributed by atoms with Gasteiger partial charge in [0.25, 0.3) is 0 Å². The molecule has 2 heterocycles. The van der Waals surface area contributed by atoms with Crippen LogP contribution in [-0.2, 0) is 21.3 Å². The van der Waals surface area contributed by atoms with Gasteiger partial charge in [-0.05, 0) is 30.3 Å². The van der Waals surface area contributed by atoms with Crippen LogP contribution in [-0.4, -0.2) is 23.1 Å². The van der Waals surface area contributed by atoms with Crippen molar-refractivity contribution in [3.63, 3.8) is 0 Å². The number of amides is 1. The zero-order valence-corrected chi connectivity index (χ0v) is 16.4. The summed E-state index contributed by atoms with van der Waals surface area (Å²) in [5.41, 5.74) is 3.13.